The molecule has 0 fully saturated rings. The second-order valence-electron chi connectivity index (χ2n) is 4.18. The standard InChI is InChI=1S/C13H13ClN4S/c1-7-12(19-9(3)17-7)8(2)18-13-11(14)10(6-15)4-5-16-13/h4-5,8H,1-3H3,(H,16,18). The third-order valence-corrected chi connectivity index (χ3v) is 4.33. The SMILES string of the molecule is Cc1nc(C)c(C(C)Nc2nccc(C#N)c2Cl)s1. The van der Waals surface area contributed by atoms with Crippen molar-refractivity contribution in [3.05, 3.63) is 38.4 Å². The first-order chi connectivity index (χ1) is 9.02. The summed E-state index contributed by atoms with van der Waals surface area (Å²) in [5.74, 6) is 0.527. The lowest BCUT2D eigenvalue weighted by Crippen LogP contribution is -2.08. The number of nitriles is 1. The van der Waals surface area contributed by atoms with Crippen molar-refractivity contribution in [3.63, 3.8) is 0 Å². The predicted molar refractivity (Wildman–Crippen MR) is 77.6 cm³/mol. The Balaban J connectivity index is 2.27. The third-order valence-electron chi connectivity index (χ3n) is 2.70. The molecule has 0 aromatic carbocycles. The van der Waals surface area contributed by atoms with E-state index in [4.69, 9.17) is 16.9 Å². The van der Waals surface area contributed by atoms with Crippen LogP contribution in [0.5, 0.6) is 0 Å². The largest absolute Gasteiger partial charge is 0.361 e. The molecular formula is C13H13ClN4S. The van der Waals surface area contributed by atoms with E-state index in [1.54, 1.807) is 23.6 Å². The van der Waals surface area contributed by atoms with E-state index >= 15 is 0 Å². The lowest BCUT2D eigenvalue weighted by atomic mass is 10.2. The van der Waals surface area contributed by atoms with Gasteiger partial charge in [0.25, 0.3) is 0 Å². The Kier molecular flexibility index (Phi) is 4.03. The van der Waals surface area contributed by atoms with Gasteiger partial charge >= 0.3 is 0 Å². The van der Waals surface area contributed by atoms with E-state index in [2.05, 4.69) is 15.3 Å². The molecule has 19 heavy (non-hydrogen) atoms. The predicted octanol–water partition coefficient (Wildman–Crippen LogP) is 3.85. The topological polar surface area (TPSA) is 61.6 Å². The molecule has 0 bridgehead atoms. The van der Waals surface area contributed by atoms with Crippen LogP contribution < -0.4 is 5.32 Å². The molecule has 2 heterocycles. The summed E-state index contributed by atoms with van der Waals surface area (Å²) in [5.41, 5.74) is 1.43. The van der Waals surface area contributed by atoms with Crippen molar-refractivity contribution in [2.24, 2.45) is 0 Å². The van der Waals surface area contributed by atoms with Crippen LogP contribution in [0.25, 0.3) is 0 Å². The maximum Gasteiger partial charge on any atom is 0.146 e. The summed E-state index contributed by atoms with van der Waals surface area (Å²) in [7, 11) is 0. The van der Waals surface area contributed by atoms with Gasteiger partial charge in [-0.3, -0.25) is 0 Å². The van der Waals surface area contributed by atoms with Crippen LogP contribution in [0.4, 0.5) is 5.82 Å². The van der Waals surface area contributed by atoms with Crippen LogP contribution in [0.2, 0.25) is 5.02 Å². The van der Waals surface area contributed by atoms with Crippen molar-refractivity contribution in [3.8, 4) is 6.07 Å². The van der Waals surface area contributed by atoms with Crippen LogP contribution in [-0.2, 0) is 0 Å². The van der Waals surface area contributed by atoms with Crippen molar-refractivity contribution < 1.29 is 0 Å². The smallest absolute Gasteiger partial charge is 0.146 e. The highest BCUT2D eigenvalue weighted by Crippen LogP contribution is 2.30. The van der Waals surface area contributed by atoms with Gasteiger partial charge in [0.05, 0.1) is 22.3 Å². The van der Waals surface area contributed by atoms with E-state index in [9.17, 15) is 0 Å². The molecule has 1 atom stereocenters. The van der Waals surface area contributed by atoms with E-state index in [1.807, 2.05) is 26.8 Å². The molecule has 98 valence electrons. The minimum absolute atomic E-state index is 0.0464. The molecule has 0 aliphatic carbocycles. The third kappa shape index (κ3) is 2.86. The van der Waals surface area contributed by atoms with Gasteiger partial charge in [0.1, 0.15) is 16.9 Å². The molecule has 4 nitrogen and oxygen atoms in total. The number of rotatable bonds is 3. The zero-order chi connectivity index (χ0) is 14.0. The number of hydrogen-bond acceptors (Lipinski definition) is 5. The summed E-state index contributed by atoms with van der Waals surface area (Å²) in [6.07, 6.45) is 1.57. The van der Waals surface area contributed by atoms with E-state index in [0.717, 1.165) is 15.6 Å². The Bertz CT molecular complexity index is 645. The number of aryl methyl sites for hydroxylation is 2. The molecule has 0 saturated heterocycles. The summed E-state index contributed by atoms with van der Waals surface area (Å²) in [6, 6.07) is 3.69. The fourth-order valence-electron chi connectivity index (χ4n) is 1.85. The fourth-order valence-corrected chi connectivity index (χ4v) is 2.99. The number of pyridine rings is 1. The first-order valence-corrected chi connectivity index (χ1v) is 6.97. The molecule has 0 amide bonds. The van der Waals surface area contributed by atoms with E-state index in [-0.39, 0.29) is 6.04 Å². The second kappa shape index (κ2) is 5.55. The molecule has 0 aliphatic heterocycles. The molecule has 2 rings (SSSR count). The van der Waals surface area contributed by atoms with Crippen LogP contribution in [0.3, 0.4) is 0 Å². The maximum atomic E-state index is 8.94. The number of anilines is 1. The van der Waals surface area contributed by atoms with Crippen molar-refractivity contribution >= 4 is 28.8 Å². The highest BCUT2D eigenvalue weighted by atomic mass is 35.5. The number of thiazole rings is 1. The van der Waals surface area contributed by atoms with Crippen LogP contribution in [-0.4, -0.2) is 9.97 Å². The van der Waals surface area contributed by atoms with Crippen molar-refractivity contribution in [1.29, 1.82) is 5.26 Å². The van der Waals surface area contributed by atoms with Gasteiger partial charge in [0.2, 0.25) is 0 Å². The zero-order valence-corrected chi connectivity index (χ0v) is 12.4. The van der Waals surface area contributed by atoms with Gasteiger partial charge in [-0.2, -0.15) is 5.26 Å². The first-order valence-electron chi connectivity index (χ1n) is 5.78. The maximum absolute atomic E-state index is 8.94. The summed E-state index contributed by atoms with van der Waals surface area (Å²) >= 11 is 7.77. The Morgan fingerprint density at radius 2 is 2.21 bits per heavy atom. The highest BCUT2D eigenvalue weighted by Gasteiger charge is 2.15. The second-order valence-corrected chi connectivity index (χ2v) is 5.79. The van der Waals surface area contributed by atoms with E-state index in [1.165, 1.54) is 0 Å². The van der Waals surface area contributed by atoms with Crippen LogP contribution in [0, 0.1) is 25.2 Å². The minimum Gasteiger partial charge on any atom is -0.361 e. The fraction of sp³-hybridized carbons (Fsp3) is 0.308. The number of nitrogens with zero attached hydrogens (tertiary/aromatic N) is 3. The van der Waals surface area contributed by atoms with Crippen LogP contribution in [0.1, 0.15) is 34.1 Å². The Morgan fingerprint density at radius 3 is 2.79 bits per heavy atom. The quantitative estimate of drug-likeness (QED) is 0.933. The average Bonchev–Trinajstić information content (AvgIpc) is 2.71. The molecule has 0 aliphatic rings. The van der Waals surface area contributed by atoms with Gasteiger partial charge in [-0.1, -0.05) is 11.6 Å². The molecular weight excluding hydrogens is 280 g/mol. The number of nitrogens with one attached hydrogen (secondary N) is 1. The Morgan fingerprint density at radius 1 is 1.47 bits per heavy atom. The summed E-state index contributed by atoms with van der Waals surface area (Å²) in [4.78, 5) is 9.73. The van der Waals surface area contributed by atoms with Crippen molar-refractivity contribution in [2.45, 2.75) is 26.8 Å². The first kappa shape index (κ1) is 13.8. The van der Waals surface area contributed by atoms with Crippen LogP contribution >= 0.6 is 22.9 Å². The number of hydrogen-bond donors (Lipinski definition) is 1. The summed E-state index contributed by atoms with van der Waals surface area (Å²) < 4.78 is 0. The normalized spacial score (nSPS) is 11.9. The van der Waals surface area contributed by atoms with Gasteiger partial charge in [-0.05, 0) is 26.8 Å². The molecule has 0 spiro atoms. The van der Waals surface area contributed by atoms with Gasteiger partial charge in [-0.25, -0.2) is 9.97 Å². The number of aromatic nitrogens is 2. The highest BCUT2D eigenvalue weighted by molar-refractivity contribution is 7.11. The zero-order valence-electron chi connectivity index (χ0n) is 10.9. The lowest BCUT2D eigenvalue weighted by molar-refractivity contribution is 0.879. The molecule has 6 heteroatoms. The van der Waals surface area contributed by atoms with Crippen molar-refractivity contribution in [1.82, 2.24) is 9.97 Å². The van der Waals surface area contributed by atoms with Gasteiger partial charge in [0.15, 0.2) is 0 Å². The Hall–Kier alpha value is -1.64. The molecule has 0 radical (unpaired) electrons. The molecule has 2 aromatic heterocycles. The Labute approximate surface area is 121 Å². The summed E-state index contributed by atoms with van der Waals surface area (Å²) in [5, 5.41) is 13.6. The van der Waals surface area contributed by atoms with Gasteiger partial charge in [0, 0.05) is 11.1 Å². The van der Waals surface area contributed by atoms with Crippen LogP contribution in [0.15, 0.2) is 12.3 Å². The van der Waals surface area contributed by atoms with Crippen molar-refractivity contribution in [2.75, 3.05) is 5.32 Å². The van der Waals surface area contributed by atoms with E-state index < -0.39 is 0 Å². The molecule has 1 N–H and O–H groups in total. The van der Waals surface area contributed by atoms with E-state index in [0.29, 0.717) is 16.4 Å². The molecule has 0 saturated carbocycles. The monoisotopic (exact) mass is 292 g/mol. The molecule has 1 unspecified atom stereocenters. The number of halogens is 1. The average molecular weight is 293 g/mol. The van der Waals surface area contributed by atoms with Gasteiger partial charge in [-0.15, -0.1) is 11.3 Å². The lowest BCUT2D eigenvalue weighted by Gasteiger charge is -2.14. The summed E-state index contributed by atoms with van der Waals surface area (Å²) in [6.45, 7) is 5.99. The van der Waals surface area contributed by atoms with Gasteiger partial charge < -0.3 is 5.32 Å². The molecule has 2 aromatic rings. The minimum atomic E-state index is 0.0464.